The minimum absolute atomic E-state index is 0.0440. The summed E-state index contributed by atoms with van der Waals surface area (Å²) in [5.41, 5.74) is 5.38. The number of carboxylic acids is 1. The number of aliphatic carboxylic acids is 1. The standard InChI is InChI=1S/C12H23N3O3/c1-8-5-7-14-10(8)11(16)15-6-3-2-4-9(13)12(17)18/h8-10,14H,2-7,13H2,1H3,(H,15,16)(H,17,18)/t8-,9+,10-/m1/s1. The lowest BCUT2D eigenvalue weighted by Crippen LogP contribution is -2.43. The van der Waals surface area contributed by atoms with Crippen LogP contribution in [0.1, 0.15) is 32.6 Å². The summed E-state index contributed by atoms with van der Waals surface area (Å²) in [6.07, 6.45) is 2.95. The molecule has 6 heteroatoms. The van der Waals surface area contributed by atoms with Gasteiger partial charge in [0.2, 0.25) is 5.91 Å². The van der Waals surface area contributed by atoms with Crippen LogP contribution in [0.2, 0.25) is 0 Å². The monoisotopic (exact) mass is 257 g/mol. The second-order valence-electron chi connectivity index (χ2n) is 4.93. The first-order chi connectivity index (χ1) is 8.52. The van der Waals surface area contributed by atoms with E-state index in [9.17, 15) is 9.59 Å². The minimum Gasteiger partial charge on any atom is -0.480 e. The highest BCUT2D eigenvalue weighted by Crippen LogP contribution is 2.14. The highest BCUT2D eigenvalue weighted by molar-refractivity contribution is 5.82. The molecular weight excluding hydrogens is 234 g/mol. The Morgan fingerprint density at radius 2 is 2.22 bits per heavy atom. The Bertz CT molecular complexity index is 296. The van der Waals surface area contributed by atoms with E-state index in [1.807, 2.05) is 0 Å². The Kier molecular flexibility index (Phi) is 6.07. The number of hydrogen-bond acceptors (Lipinski definition) is 4. The fraction of sp³-hybridized carbons (Fsp3) is 0.833. The number of carboxylic acid groups (broad SMARTS) is 1. The molecule has 6 nitrogen and oxygen atoms in total. The van der Waals surface area contributed by atoms with Crippen LogP contribution in [0.5, 0.6) is 0 Å². The molecule has 0 bridgehead atoms. The maximum Gasteiger partial charge on any atom is 0.320 e. The number of nitrogens with one attached hydrogen (secondary N) is 2. The van der Waals surface area contributed by atoms with Gasteiger partial charge in [0.05, 0.1) is 6.04 Å². The summed E-state index contributed by atoms with van der Waals surface area (Å²) in [7, 11) is 0. The van der Waals surface area contributed by atoms with E-state index in [0.29, 0.717) is 25.3 Å². The van der Waals surface area contributed by atoms with E-state index >= 15 is 0 Å². The molecule has 1 saturated heterocycles. The lowest BCUT2D eigenvalue weighted by atomic mass is 10.0. The van der Waals surface area contributed by atoms with E-state index in [1.54, 1.807) is 0 Å². The third kappa shape index (κ3) is 4.62. The van der Waals surface area contributed by atoms with Gasteiger partial charge in [-0.2, -0.15) is 0 Å². The molecule has 0 aliphatic carbocycles. The first kappa shape index (κ1) is 14.9. The molecule has 0 saturated carbocycles. The van der Waals surface area contributed by atoms with Crippen molar-refractivity contribution in [3.63, 3.8) is 0 Å². The van der Waals surface area contributed by atoms with Crippen LogP contribution in [0.25, 0.3) is 0 Å². The number of nitrogens with two attached hydrogens (primary N) is 1. The molecule has 3 atom stereocenters. The van der Waals surface area contributed by atoms with E-state index < -0.39 is 12.0 Å². The molecule has 1 rings (SSSR count). The maximum atomic E-state index is 11.8. The number of carbonyl (C=O) groups excluding carboxylic acids is 1. The van der Waals surface area contributed by atoms with Crippen molar-refractivity contribution in [2.24, 2.45) is 11.7 Å². The topological polar surface area (TPSA) is 104 Å². The molecule has 104 valence electrons. The Morgan fingerprint density at radius 1 is 1.50 bits per heavy atom. The summed E-state index contributed by atoms with van der Waals surface area (Å²) < 4.78 is 0. The lowest BCUT2D eigenvalue weighted by Gasteiger charge is -2.15. The number of rotatable bonds is 7. The van der Waals surface area contributed by atoms with Gasteiger partial charge in [0.15, 0.2) is 0 Å². The van der Waals surface area contributed by atoms with Gasteiger partial charge in [0.25, 0.3) is 0 Å². The fourth-order valence-corrected chi connectivity index (χ4v) is 2.12. The predicted molar refractivity (Wildman–Crippen MR) is 68.0 cm³/mol. The van der Waals surface area contributed by atoms with Crippen molar-refractivity contribution in [2.75, 3.05) is 13.1 Å². The number of amides is 1. The van der Waals surface area contributed by atoms with Gasteiger partial charge in [0.1, 0.15) is 6.04 Å². The molecule has 0 radical (unpaired) electrons. The SMILES string of the molecule is C[C@@H]1CCN[C@H]1C(=O)NCCCC[C@H](N)C(=O)O. The first-order valence-corrected chi connectivity index (χ1v) is 6.52. The molecule has 0 aromatic carbocycles. The largest absolute Gasteiger partial charge is 0.480 e. The zero-order valence-electron chi connectivity index (χ0n) is 10.8. The van der Waals surface area contributed by atoms with Crippen molar-refractivity contribution >= 4 is 11.9 Å². The van der Waals surface area contributed by atoms with Crippen LogP contribution in [-0.4, -0.2) is 42.2 Å². The van der Waals surface area contributed by atoms with E-state index in [1.165, 1.54) is 0 Å². The van der Waals surface area contributed by atoms with Crippen molar-refractivity contribution in [2.45, 2.75) is 44.7 Å². The fourth-order valence-electron chi connectivity index (χ4n) is 2.12. The third-order valence-corrected chi connectivity index (χ3v) is 3.37. The van der Waals surface area contributed by atoms with Gasteiger partial charge in [-0.25, -0.2) is 0 Å². The molecule has 18 heavy (non-hydrogen) atoms. The van der Waals surface area contributed by atoms with Crippen LogP contribution >= 0.6 is 0 Å². The van der Waals surface area contributed by atoms with E-state index in [0.717, 1.165) is 19.4 Å². The van der Waals surface area contributed by atoms with Crippen LogP contribution in [0.3, 0.4) is 0 Å². The second kappa shape index (κ2) is 7.33. The van der Waals surface area contributed by atoms with Crippen LogP contribution in [0, 0.1) is 5.92 Å². The molecule has 1 amide bonds. The number of hydrogen-bond donors (Lipinski definition) is 4. The van der Waals surface area contributed by atoms with Crippen molar-refractivity contribution in [3.8, 4) is 0 Å². The molecule has 0 aromatic heterocycles. The maximum absolute atomic E-state index is 11.8. The number of carbonyl (C=O) groups is 2. The summed E-state index contributed by atoms with van der Waals surface area (Å²) >= 11 is 0. The molecule has 1 fully saturated rings. The zero-order chi connectivity index (χ0) is 13.5. The van der Waals surface area contributed by atoms with Crippen molar-refractivity contribution in [1.29, 1.82) is 0 Å². The zero-order valence-corrected chi connectivity index (χ0v) is 10.8. The summed E-state index contributed by atoms with van der Waals surface area (Å²) in [5.74, 6) is -0.545. The van der Waals surface area contributed by atoms with Gasteiger partial charge in [-0.3, -0.25) is 9.59 Å². The molecule has 1 aliphatic heterocycles. The van der Waals surface area contributed by atoms with Crippen LogP contribution in [0.4, 0.5) is 0 Å². The van der Waals surface area contributed by atoms with E-state index in [2.05, 4.69) is 17.6 Å². The third-order valence-electron chi connectivity index (χ3n) is 3.37. The summed E-state index contributed by atoms with van der Waals surface area (Å²) in [5, 5.41) is 14.6. The quantitative estimate of drug-likeness (QED) is 0.468. The Balaban J connectivity index is 2.07. The second-order valence-corrected chi connectivity index (χ2v) is 4.93. The predicted octanol–water partition coefficient (Wildman–Crippen LogP) is -0.317. The summed E-state index contributed by atoms with van der Waals surface area (Å²) in [6.45, 7) is 3.54. The van der Waals surface area contributed by atoms with Crippen molar-refractivity contribution < 1.29 is 14.7 Å². The molecule has 5 N–H and O–H groups in total. The smallest absolute Gasteiger partial charge is 0.320 e. The average Bonchev–Trinajstić information content (AvgIpc) is 2.74. The van der Waals surface area contributed by atoms with Crippen LogP contribution < -0.4 is 16.4 Å². The molecular formula is C12H23N3O3. The van der Waals surface area contributed by atoms with Crippen LogP contribution in [0.15, 0.2) is 0 Å². The van der Waals surface area contributed by atoms with Gasteiger partial charge in [0, 0.05) is 6.54 Å². The average molecular weight is 257 g/mol. The van der Waals surface area contributed by atoms with Gasteiger partial charge < -0.3 is 21.5 Å². The Morgan fingerprint density at radius 3 is 2.78 bits per heavy atom. The van der Waals surface area contributed by atoms with Gasteiger partial charge in [-0.15, -0.1) is 0 Å². The summed E-state index contributed by atoms with van der Waals surface area (Å²) in [4.78, 5) is 22.2. The van der Waals surface area contributed by atoms with Crippen molar-refractivity contribution in [1.82, 2.24) is 10.6 Å². The minimum atomic E-state index is -0.969. The number of unbranched alkanes of at least 4 members (excludes halogenated alkanes) is 1. The van der Waals surface area contributed by atoms with Gasteiger partial charge in [-0.1, -0.05) is 6.92 Å². The Hall–Kier alpha value is -1.14. The first-order valence-electron chi connectivity index (χ1n) is 6.52. The van der Waals surface area contributed by atoms with Gasteiger partial charge in [-0.05, 0) is 38.1 Å². The van der Waals surface area contributed by atoms with Gasteiger partial charge >= 0.3 is 5.97 Å². The lowest BCUT2D eigenvalue weighted by molar-refractivity contribution is -0.138. The highest BCUT2D eigenvalue weighted by Gasteiger charge is 2.28. The molecule has 0 unspecified atom stereocenters. The molecule has 0 spiro atoms. The summed E-state index contributed by atoms with van der Waals surface area (Å²) in [6, 6.07) is -0.872. The molecule has 1 aliphatic rings. The van der Waals surface area contributed by atoms with E-state index in [-0.39, 0.29) is 11.9 Å². The van der Waals surface area contributed by atoms with Crippen molar-refractivity contribution in [3.05, 3.63) is 0 Å². The van der Waals surface area contributed by atoms with Crippen LogP contribution in [-0.2, 0) is 9.59 Å². The molecule has 0 aromatic rings. The highest BCUT2D eigenvalue weighted by atomic mass is 16.4. The molecule has 1 heterocycles. The normalized spacial score (nSPS) is 24.8. The Labute approximate surface area is 107 Å². The van der Waals surface area contributed by atoms with E-state index in [4.69, 9.17) is 10.8 Å².